The Morgan fingerprint density at radius 2 is 2.14 bits per heavy atom. The van der Waals surface area contributed by atoms with Gasteiger partial charge in [-0.25, -0.2) is 9.97 Å². The highest BCUT2D eigenvalue weighted by Gasteiger charge is 2.11. The first-order valence-electron chi connectivity index (χ1n) is 6.72. The van der Waals surface area contributed by atoms with Crippen LogP contribution < -0.4 is 5.32 Å². The summed E-state index contributed by atoms with van der Waals surface area (Å²) in [5.41, 5.74) is 3.28. The van der Waals surface area contributed by atoms with E-state index < -0.39 is 0 Å². The van der Waals surface area contributed by atoms with Crippen molar-refractivity contribution in [3.63, 3.8) is 0 Å². The van der Waals surface area contributed by atoms with E-state index in [1.807, 2.05) is 32.2 Å². The summed E-state index contributed by atoms with van der Waals surface area (Å²) in [4.78, 5) is 20.4. The van der Waals surface area contributed by atoms with Crippen LogP contribution in [-0.4, -0.2) is 21.6 Å². The summed E-state index contributed by atoms with van der Waals surface area (Å²) in [6.45, 7) is 5.68. The number of carbonyl (C=O) groups is 1. The van der Waals surface area contributed by atoms with Crippen LogP contribution in [0.5, 0.6) is 0 Å². The number of nitriles is 1. The van der Waals surface area contributed by atoms with Gasteiger partial charge in [0.2, 0.25) is 5.91 Å². The van der Waals surface area contributed by atoms with Gasteiger partial charge in [-0.15, -0.1) is 23.1 Å². The summed E-state index contributed by atoms with van der Waals surface area (Å²) in [7, 11) is 0. The molecule has 1 N–H and O–H groups in total. The highest BCUT2D eigenvalue weighted by atomic mass is 32.2. The van der Waals surface area contributed by atoms with E-state index in [-0.39, 0.29) is 5.91 Å². The summed E-state index contributed by atoms with van der Waals surface area (Å²) in [6, 6.07) is 4.07. The maximum atomic E-state index is 11.9. The van der Waals surface area contributed by atoms with Gasteiger partial charge in [-0.1, -0.05) is 0 Å². The van der Waals surface area contributed by atoms with Gasteiger partial charge >= 0.3 is 0 Å². The maximum absolute atomic E-state index is 11.9. The highest BCUT2D eigenvalue weighted by molar-refractivity contribution is 7.99. The number of nitrogens with one attached hydrogen (secondary N) is 1. The van der Waals surface area contributed by atoms with Crippen molar-refractivity contribution >= 4 is 34.1 Å². The van der Waals surface area contributed by atoms with Gasteiger partial charge in [0.25, 0.3) is 0 Å². The molecule has 0 aromatic carbocycles. The Hall–Kier alpha value is -1.91. The molecule has 0 aliphatic rings. The molecule has 5 nitrogen and oxygen atoms in total. The zero-order chi connectivity index (χ0) is 16.1. The molecule has 0 bridgehead atoms. The fourth-order valence-electron chi connectivity index (χ4n) is 1.88. The summed E-state index contributed by atoms with van der Waals surface area (Å²) in [5, 5.41) is 15.2. The summed E-state index contributed by atoms with van der Waals surface area (Å²) >= 11 is 2.85. The van der Waals surface area contributed by atoms with Crippen molar-refractivity contribution < 1.29 is 4.79 Å². The molecule has 0 spiro atoms. The number of carbonyl (C=O) groups excluding carboxylic acids is 1. The second-order valence-electron chi connectivity index (χ2n) is 4.81. The number of rotatable bonds is 5. The molecule has 2 rings (SSSR count). The number of nitrogens with zero attached hydrogens (tertiary/aromatic N) is 3. The van der Waals surface area contributed by atoms with Gasteiger partial charge in [0, 0.05) is 23.2 Å². The van der Waals surface area contributed by atoms with E-state index >= 15 is 0 Å². The molecule has 114 valence electrons. The predicted octanol–water partition coefficient (Wildman–Crippen LogP) is 3.46. The minimum atomic E-state index is -0.0790. The first-order valence-corrected chi connectivity index (χ1v) is 8.59. The van der Waals surface area contributed by atoms with Crippen molar-refractivity contribution in [2.24, 2.45) is 0 Å². The van der Waals surface area contributed by atoms with Crippen LogP contribution in [0.3, 0.4) is 0 Å². The van der Waals surface area contributed by atoms with Crippen molar-refractivity contribution in [3.05, 3.63) is 34.0 Å². The lowest BCUT2D eigenvalue weighted by atomic mass is 10.1. The number of thiazole rings is 1. The van der Waals surface area contributed by atoms with Crippen molar-refractivity contribution in [1.82, 2.24) is 9.97 Å². The molecular formula is C15H16N4OS2. The number of pyridine rings is 1. The number of amides is 1. The Morgan fingerprint density at radius 1 is 1.36 bits per heavy atom. The Bertz CT molecular complexity index is 734. The van der Waals surface area contributed by atoms with Gasteiger partial charge in [-0.2, -0.15) is 5.26 Å². The second kappa shape index (κ2) is 7.38. The lowest BCUT2D eigenvalue weighted by molar-refractivity contribution is -0.115. The number of hydrogen-bond acceptors (Lipinski definition) is 6. The SMILES string of the molecule is Cc1csc(NC(=O)CCSc2nc(C)cc(C)c2C#N)n1. The fourth-order valence-corrected chi connectivity index (χ4v) is 3.62. The molecule has 0 aliphatic carbocycles. The smallest absolute Gasteiger partial charge is 0.226 e. The maximum Gasteiger partial charge on any atom is 0.226 e. The summed E-state index contributed by atoms with van der Waals surface area (Å²) in [6.07, 6.45) is 0.350. The fraction of sp³-hybridized carbons (Fsp3) is 0.333. The van der Waals surface area contributed by atoms with Gasteiger partial charge in [0.15, 0.2) is 5.13 Å². The second-order valence-corrected chi connectivity index (χ2v) is 6.75. The highest BCUT2D eigenvalue weighted by Crippen LogP contribution is 2.24. The molecule has 0 radical (unpaired) electrons. The van der Waals surface area contributed by atoms with E-state index in [2.05, 4.69) is 21.4 Å². The van der Waals surface area contributed by atoms with Crippen LogP contribution in [0.2, 0.25) is 0 Å². The van der Waals surface area contributed by atoms with E-state index in [4.69, 9.17) is 0 Å². The molecule has 0 atom stereocenters. The third-order valence-corrected chi connectivity index (χ3v) is 4.71. The van der Waals surface area contributed by atoms with Crippen LogP contribution in [0.1, 0.15) is 28.9 Å². The molecule has 0 fully saturated rings. The summed E-state index contributed by atoms with van der Waals surface area (Å²) in [5.74, 6) is 0.491. The molecule has 2 aromatic rings. The van der Waals surface area contributed by atoms with Gasteiger partial charge < -0.3 is 5.32 Å². The molecule has 7 heteroatoms. The molecule has 1 amide bonds. The molecule has 0 aliphatic heterocycles. The normalized spacial score (nSPS) is 10.3. The monoisotopic (exact) mass is 332 g/mol. The Labute approximate surface area is 137 Å². The third-order valence-electron chi connectivity index (χ3n) is 2.86. The molecule has 0 saturated heterocycles. The van der Waals surface area contributed by atoms with E-state index in [1.165, 1.54) is 23.1 Å². The van der Waals surface area contributed by atoms with Crippen molar-refractivity contribution in [3.8, 4) is 6.07 Å². The average Bonchev–Trinajstić information content (AvgIpc) is 2.83. The largest absolute Gasteiger partial charge is 0.302 e. The Morgan fingerprint density at radius 3 is 2.77 bits per heavy atom. The minimum Gasteiger partial charge on any atom is -0.302 e. The summed E-state index contributed by atoms with van der Waals surface area (Å²) < 4.78 is 0. The van der Waals surface area contributed by atoms with Gasteiger partial charge in [-0.3, -0.25) is 4.79 Å². The zero-order valence-corrected chi connectivity index (χ0v) is 14.3. The lowest BCUT2D eigenvalue weighted by Crippen LogP contribution is -2.12. The first kappa shape index (κ1) is 16.5. The quantitative estimate of drug-likeness (QED) is 0.848. The van der Waals surface area contributed by atoms with Gasteiger partial charge in [0.1, 0.15) is 11.1 Å². The molecule has 22 heavy (non-hydrogen) atoms. The topological polar surface area (TPSA) is 78.7 Å². The predicted molar refractivity (Wildman–Crippen MR) is 89.2 cm³/mol. The molecule has 2 aromatic heterocycles. The van der Waals surface area contributed by atoms with Crippen LogP contribution in [-0.2, 0) is 4.79 Å². The van der Waals surface area contributed by atoms with E-state index in [9.17, 15) is 10.1 Å². The average molecular weight is 332 g/mol. The Balaban J connectivity index is 1.91. The van der Waals surface area contributed by atoms with Crippen molar-refractivity contribution in [2.45, 2.75) is 32.2 Å². The van der Waals surface area contributed by atoms with Crippen molar-refractivity contribution in [1.29, 1.82) is 5.26 Å². The van der Waals surface area contributed by atoms with Crippen LogP contribution >= 0.6 is 23.1 Å². The van der Waals surface area contributed by atoms with Gasteiger partial charge in [0.05, 0.1) is 11.3 Å². The number of aromatic nitrogens is 2. The molecule has 2 heterocycles. The standard InChI is InChI=1S/C15H16N4OS2/c1-9-6-10(2)17-14(12(9)7-16)21-5-4-13(20)19-15-18-11(3)8-22-15/h6,8H,4-5H2,1-3H3,(H,18,19,20). The molecule has 0 saturated carbocycles. The van der Waals surface area contributed by atoms with E-state index in [0.717, 1.165) is 17.0 Å². The number of aryl methyl sites for hydroxylation is 3. The number of hydrogen-bond donors (Lipinski definition) is 1. The minimum absolute atomic E-state index is 0.0790. The van der Waals surface area contributed by atoms with Crippen molar-refractivity contribution in [2.75, 3.05) is 11.1 Å². The van der Waals surface area contributed by atoms with Crippen LogP contribution in [0.4, 0.5) is 5.13 Å². The van der Waals surface area contributed by atoms with Crippen LogP contribution in [0, 0.1) is 32.1 Å². The van der Waals surface area contributed by atoms with Crippen LogP contribution in [0.15, 0.2) is 16.5 Å². The third kappa shape index (κ3) is 4.29. The first-order chi connectivity index (χ1) is 10.5. The lowest BCUT2D eigenvalue weighted by Gasteiger charge is -2.07. The molecular weight excluding hydrogens is 316 g/mol. The molecule has 0 unspecified atom stereocenters. The number of anilines is 1. The van der Waals surface area contributed by atoms with Crippen LogP contribution in [0.25, 0.3) is 0 Å². The van der Waals surface area contributed by atoms with Gasteiger partial charge in [-0.05, 0) is 32.4 Å². The zero-order valence-electron chi connectivity index (χ0n) is 12.6. The van der Waals surface area contributed by atoms with E-state index in [0.29, 0.717) is 27.9 Å². The Kier molecular flexibility index (Phi) is 5.52. The van der Waals surface area contributed by atoms with E-state index in [1.54, 1.807) is 0 Å². The number of thioether (sulfide) groups is 1.